The van der Waals surface area contributed by atoms with Crippen LogP contribution in [0.5, 0.6) is 0 Å². The van der Waals surface area contributed by atoms with Gasteiger partial charge in [0, 0.05) is 20.6 Å². The van der Waals surface area contributed by atoms with E-state index in [9.17, 15) is 0 Å². The Balaban J connectivity index is 3.26. The van der Waals surface area contributed by atoms with E-state index in [2.05, 4.69) is 19.3 Å². The zero-order chi connectivity index (χ0) is 7.98. The minimum absolute atomic E-state index is 0.836. The first-order valence-electron chi connectivity index (χ1n) is 4.11. The second kappa shape index (κ2) is 5.69. The summed E-state index contributed by atoms with van der Waals surface area (Å²) < 4.78 is 0. The van der Waals surface area contributed by atoms with Crippen LogP contribution in [-0.2, 0) is 0 Å². The Kier molecular flexibility index (Phi) is 5.64. The second-order valence-corrected chi connectivity index (χ2v) is 2.94. The van der Waals surface area contributed by atoms with Crippen LogP contribution in [0.4, 0.5) is 0 Å². The highest BCUT2D eigenvalue weighted by atomic mass is 15.5. The number of nitrogens with zero attached hydrogens (tertiary/aromatic N) is 1. The molecule has 0 amide bonds. The number of hydrazine groups is 1. The lowest BCUT2D eigenvalue weighted by Gasteiger charge is -2.17. The molecule has 0 spiro atoms. The van der Waals surface area contributed by atoms with E-state index in [1.54, 1.807) is 0 Å². The van der Waals surface area contributed by atoms with E-state index in [0.29, 0.717) is 0 Å². The summed E-state index contributed by atoms with van der Waals surface area (Å²) >= 11 is 0. The van der Waals surface area contributed by atoms with E-state index in [0.717, 1.165) is 12.5 Å². The molecule has 0 saturated carbocycles. The van der Waals surface area contributed by atoms with Crippen LogP contribution in [-0.4, -0.2) is 25.6 Å². The normalized spacial score (nSPS) is 11.4. The van der Waals surface area contributed by atoms with Crippen LogP contribution in [0.2, 0.25) is 0 Å². The van der Waals surface area contributed by atoms with E-state index in [1.807, 2.05) is 19.1 Å². The molecule has 2 heteroatoms. The Bertz CT molecular complexity index is 67.7. The fourth-order valence-corrected chi connectivity index (χ4v) is 0.889. The van der Waals surface area contributed by atoms with Gasteiger partial charge in [-0.1, -0.05) is 26.7 Å². The molecular weight excluding hydrogens is 124 g/mol. The topological polar surface area (TPSA) is 15.3 Å². The zero-order valence-corrected chi connectivity index (χ0v) is 7.65. The first kappa shape index (κ1) is 9.92. The van der Waals surface area contributed by atoms with Gasteiger partial charge >= 0.3 is 0 Å². The smallest absolute Gasteiger partial charge is 0.0130 e. The number of rotatable bonds is 5. The highest BCUT2D eigenvalue weighted by molar-refractivity contribution is 4.55. The van der Waals surface area contributed by atoms with Crippen LogP contribution >= 0.6 is 0 Å². The van der Waals surface area contributed by atoms with Crippen molar-refractivity contribution in [1.29, 1.82) is 0 Å². The average molecular weight is 144 g/mol. The van der Waals surface area contributed by atoms with Crippen molar-refractivity contribution in [2.24, 2.45) is 5.92 Å². The Morgan fingerprint density at radius 2 is 1.70 bits per heavy atom. The van der Waals surface area contributed by atoms with Crippen molar-refractivity contribution in [2.75, 3.05) is 20.6 Å². The Labute approximate surface area is 64.6 Å². The van der Waals surface area contributed by atoms with E-state index >= 15 is 0 Å². The van der Waals surface area contributed by atoms with Crippen LogP contribution in [0.15, 0.2) is 0 Å². The highest BCUT2D eigenvalue weighted by Crippen LogP contribution is 2.04. The van der Waals surface area contributed by atoms with Crippen molar-refractivity contribution in [2.45, 2.75) is 26.7 Å². The first-order valence-corrected chi connectivity index (χ1v) is 4.11. The molecular formula is C8H20N2. The molecule has 0 saturated heterocycles. The van der Waals surface area contributed by atoms with Crippen molar-refractivity contribution in [1.82, 2.24) is 10.4 Å². The van der Waals surface area contributed by atoms with Gasteiger partial charge in [-0.25, -0.2) is 0 Å². The third kappa shape index (κ3) is 4.77. The van der Waals surface area contributed by atoms with E-state index in [4.69, 9.17) is 0 Å². The summed E-state index contributed by atoms with van der Waals surface area (Å²) in [6.07, 6.45) is 2.55. The molecule has 0 rings (SSSR count). The standard InChI is InChI=1S/C8H20N2/c1-5-8(6-2)7-9-10(3)4/h8-9H,5-7H2,1-4H3. The van der Waals surface area contributed by atoms with Gasteiger partial charge in [-0.3, -0.25) is 10.4 Å². The van der Waals surface area contributed by atoms with Gasteiger partial charge in [0.15, 0.2) is 0 Å². The summed E-state index contributed by atoms with van der Waals surface area (Å²) in [6.45, 7) is 5.59. The third-order valence-corrected chi connectivity index (χ3v) is 1.85. The molecule has 0 bridgehead atoms. The molecule has 10 heavy (non-hydrogen) atoms. The molecule has 2 nitrogen and oxygen atoms in total. The van der Waals surface area contributed by atoms with Crippen LogP contribution in [0.1, 0.15) is 26.7 Å². The molecule has 0 aromatic carbocycles. The lowest BCUT2D eigenvalue weighted by atomic mass is 10.0. The monoisotopic (exact) mass is 144 g/mol. The van der Waals surface area contributed by atoms with E-state index in [1.165, 1.54) is 12.8 Å². The molecule has 0 unspecified atom stereocenters. The van der Waals surface area contributed by atoms with Crippen molar-refractivity contribution in [3.05, 3.63) is 0 Å². The summed E-state index contributed by atoms with van der Waals surface area (Å²) in [7, 11) is 4.06. The SMILES string of the molecule is CCC(CC)CNN(C)C. The number of hydrogen-bond acceptors (Lipinski definition) is 2. The quantitative estimate of drug-likeness (QED) is 0.588. The fourth-order valence-electron chi connectivity index (χ4n) is 0.889. The molecule has 1 N–H and O–H groups in total. The number of nitrogens with one attached hydrogen (secondary N) is 1. The summed E-state index contributed by atoms with van der Waals surface area (Å²) in [6, 6.07) is 0. The maximum atomic E-state index is 3.28. The van der Waals surface area contributed by atoms with Gasteiger partial charge in [0.1, 0.15) is 0 Å². The summed E-state index contributed by atoms with van der Waals surface area (Å²) in [5, 5.41) is 2.01. The highest BCUT2D eigenvalue weighted by Gasteiger charge is 2.01. The average Bonchev–Trinajstić information content (AvgIpc) is 1.90. The molecule has 0 fully saturated rings. The Hall–Kier alpha value is -0.0800. The molecule has 0 aliphatic heterocycles. The van der Waals surface area contributed by atoms with Crippen LogP contribution in [0.25, 0.3) is 0 Å². The van der Waals surface area contributed by atoms with Crippen molar-refractivity contribution in [3.63, 3.8) is 0 Å². The summed E-state index contributed by atoms with van der Waals surface area (Å²) in [4.78, 5) is 0. The van der Waals surface area contributed by atoms with Crippen molar-refractivity contribution in [3.8, 4) is 0 Å². The molecule has 0 aliphatic carbocycles. The van der Waals surface area contributed by atoms with Gasteiger partial charge in [0.05, 0.1) is 0 Å². The van der Waals surface area contributed by atoms with Gasteiger partial charge in [0.2, 0.25) is 0 Å². The van der Waals surface area contributed by atoms with Crippen molar-refractivity contribution >= 4 is 0 Å². The maximum absolute atomic E-state index is 3.28. The minimum atomic E-state index is 0.836. The van der Waals surface area contributed by atoms with Gasteiger partial charge in [-0.2, -0.15) is 0 Å². The third-order valence-electron chi connectivity index (χ3n) is 1.85. The van der Waals surface area contributed by atoms with Gasteiger partial charge in [-0.15, -0.1) is 0 Å². The van der Waals surface area contributed by atoms with Crippen molar-refractivity contribution < 1.29 is 0 Å². The Morgan fingerprint density at radius 1 is 1.20 bits per heavy atom. The van der Waals surface area contributed by atoms with Gasteiger partial charge < -0.3 is 0 Å². The van der Waals surface area contributed by atoms with E-state index in [-0.39, 0.29) is 0 Å². The zero-order valence-electron chi connectivity index (χ0n) is 7.65. The second-order valence-electron chi connectivity index (χ2n) is 2.94. The lowest BCUT2D eigenvalue weighted by molar-refractivity contribution is 0.256. The largest absolute Gasteiger partial charge is 0.255 e. The van der Waals surface area contributed by atoms with Crippen LogP contribution < -0.4 is 5.43 Å². The van der Waals surface area contributed by atoms with Gasteiger partial charge in [0.25, 0.3) is 0 Å². The van der Waals surface area contributed by atoms with E-state index < -0.39 is 0 Å². The predicted molar refractivity (Wildman–Crippen MR) is 45.8 cm³/mol. The maximum Gasteiger partial charge on any atom is 0.0130 e. The molecule has 0 radical (unpaired) electrons. The fraction of sp³-hybridized carbons (Fsp3) is 1.00. The molecule has 0 aromatic heterocycles. The molecule has 0 aromatic rings. The summed E-state index contributed by atoms with van der Waals surface area (Å²) in [5.41, 5.74) is 3.28. The van der Waals surface area contributed by atoms with Crippen LogP contribution in [0.3, 0.4) is 0 Å². The molecule has 0 aliphatic rings. The minimum Gasteiger partial charge on any atom is -0.255 e. The number of hydrogen-bond donors (Lipinski definition) is 1. The predicted octanol–water partition coefficient (Wildman–Crippen LogP) is 1.49. The molecule has 0 heterocycles. The molecule has 0 atom stereocenters. The lowest BCUT2D eigenvalue weighted by Crippen LogP contribution is -2.34. The Morgan fingerprint density at radius 3 is 2.00 bits per heavy atom. The molecule has 62 valence electrons. The van der Waals surface area contributed by atoms with Gasteiger partial charge in [-0.05, 0) is 5.92 Å². The first-order chi connectivity index (χ1) is 4.70. The summed E-state index contributed by atoms with van der Waals surface area (Å²) in [5.74, 6) is 0.836. The van der Waals surface area contributed by atoms with Crippen LogP contribution in [0, 0.1) is 5.92 Å².